The molecule has 1 aromatic heterocycles. The van der Waals surface area contributed by atoms with Gasteiger partial charge in [-0.2, -0.15) is 5.10 Å². The van der Waals surface area contributed by atoms with Crippen LogP contribution >= 0.6 is 47.8 Å². The number of aromatic nitrogens is 2. The fraction of sp³-hybridized carbons (Fsp3) is 0.357. The summed E-state index contributed by atoms with van der Waals surface area (Å²) in [4.78, 5) is 0. The summed E-state index contributed by atoms with van der Waals surface area (Å²) in [7, 11) is 1.96. The molecule has 1 aromatic carbocycles. The number of nitrogens with one attached hydrogen (secondary N) is 1. The summed E-state index contributed by atoms with van der Waals surface area (Å²) in [5, 5.41) is 7.84. The summed E-state index contributed by atoms with van der Waals surface area (Å²) in [5.74, 6) is 0. The van der Waals surface area contributed by atoms with E-state index in [1.165, 1.54) is 5.56 Å². The van der Waals surface area contributed by atoms with Gasteiger partial charge in [-0.15, -0.1) is 0 Å². The van der Waals surface area contributed by atoms with Crippen LogP contribution in [0.1, 0.15) is 37.2 Å². The molecule has 1 N–H and O–H groups in total. The van der Waals surface area contributed by atoms with Crippen molar-refractivity contribution in [3.8, 4) is 0 Å². The molecule has 0 amide bonds. The summed E-state index contributed by atoms with van der Waals surface area (Å²) >= 11 is 10.8. The summed E-state index contributed by atoms with van der Waals surface area (Å²) in [6.07, 6.45) is 1.85. The zero-order chi connectivity index (χ0) is 14.9. The van der Waals surface area contributed by atoms with Gasteiger partial charge in [-0.3, -0.25) is 4.68 Å². The van der Waals surface area contributed by atoms with Crippen molar-refractivity contribution in [3.63, 3.8) is 0 Å². The van der Waals surface area contributed by atoms with Crippen LogP contribution in [0.3, 0.4) is 0 Å². The summed E-state index contributed by atoms with van der Waals surface area (Å²) < 4.78 is 5.18. The van der Waals surface area contributed by atoms with Crippen molar-refractivity contribution in [1.29, 1.82) is 0 Å². The average molecular weight is 466 g/mol. The Hall–Kier alpha value is -0.170. The van der Waals surface area contributed by atoms with Gasteiger partial charge in [0.15, 0.2) is 0 Å². The van der Waals surface area contributed by atoms with Crippen LogP contribution in [0.4, 0.5) is 0 Å². The van der Waals surface area contributed by atoms with Gasteiger partial charge in [0.1, 0.15) is 0 Å². The highest BCUT2D eigenvalue weighted by Crippen LogP contribution is 2.34. The minimum atomic E-state index is 0.0664. The third kappa shape index (κ3) is 3.18. The van der Waals surface area contributed by atoms with Crippen LogP contribution in [0.2, 0.25) is 0 Å². The molecule has 6 heteroatoms. The lowest BCUT2D eigenvalue weighted by Crippen LogP contribution is -2.23. The number of benzene rings is 1. The molecule has 0 saturated carbocycles. The van der Waals surface area contributed by atoms with Crippen molar-refractivity contribution >= 4 is 47.8 Å². The maximum atomic E-state index is 4.46. The van der Waals surface area contributed by atoms with E-state index in [-0.39, 0.29) is 6.04 Å². The van der Waals surface area contributed by atoms with E-state index < -0.39 is 0 Å². The van der Waals surface area contributed by atoms with Crippen molar-refractivity contribution in [2.75, 3.05) is 7.05 Å². The number of hydrogen-bond donors (Lipinski definition) is 1. The van der Waals surface area contributed by atoms with Crippen LogP contribution in [0, 0.1) is 0 Å². The van der Waals surface area contributed by atoms with Crippen molar-refractivity contribution in [1.82, 2.24) is 15.1 Å². The first-order valence-corrected chi connectivity index (χ1v) is 8.68. The first kappa shape index (κ1) is 16.2. The van der Waals surface area contributed by atoms with E-state index in [9.17, 15) is 0 Å². The Morgan fingerprint density at radius 1 is 1.15 bits per heavy atom. The lowest BCUT2D eigenvalue weighted by atomic mass is 10.0. The first-order valence-electron chi connectivity index (χ1n) is 6.30. The van der Waals surface area contributed by atoms with Gasteiger partial charge < -0.3 is 5.32 Å². The fourth-order valence-corrected chi connectivity index (χ4v) is 3.99. The van der Waals surface area contributed by atoms with Crippen LogP contribution in [0.5, 0.6) is 0 Å². The molecule has 1 heterocycles. The van der Waals surface area contributed by atoms with Gasteiger partial charge in [0.25, 0.3) is 0 Å². The predicted molar refractivity (Wildman–Crippen MR) is 93.1 cm³/mol. The van der Waals surface area contributed by atoms with Gasteiger partial charge in [0.05, 0.1) is 22.4 Å². The average Bonchev–Trinajstić information content (AvgIpc) is 2.75. The normalized spacial score (nSPS) is 12.9. The Balaban J connectivity index is 2.55. The van der Waals surface area contributed by atoms with Crippen LogP contribution in [0.25, 0.3) is 0 Å². The zero-order valence-corrected chi connectivity index (χ0v) is 16.3. The van der Waals surface area contributed by atoms with E-state index in [0.29, 0.717) is 6.04 Å². The molecule has 0 bridgehead atoms. The molecule has 0 aliphatic carbocycles. The molecule has 0 aliphatic heterocycles. The zero-order valence-electron chi connectivity index (χ0n) is 11.5. The maximum absolute atomic E-state index is 4.46. The number of nitrogens with zero attached hydrogens (tertiary/aromatic N) is 2. The van der Waals surface area contributed by atoms with Crippen LogP contribution in [-0.2, 0) is 0 Å². The summed E-state index contributed by atoms with van der Waals surface area (Å²) in [5.41, 5.74) is 2.31. The molecule has 20 heavy (non-hydrogen) atoms. The maximum Gasteiger partial charge on any atom is 0.0768 e. The van der Waals surface area contributed by atoms with Crippen molar-refractivity contribution in [3.05, 3.63) is 49.1 Å². The topological polar surface area (TPSA) is 29.9 Å². The van der Waals surface area contributed by atoms with Crippen molar-refractivity contribution < 1.29 is 0 Å². The second-order valence-electron chi connectivity index (χ2n) is 4.80. The Bertz CT molecular complexity index is 608. The minimum absolute atomic E-state index is 0.0664. The molecule has 0 aliphatic rings. The molecule has 0 spiro atoms. The fourth-order valence-electron chi connectivity index (χ4n) is 2.21. The van der Waals surface area contributed by atoms with E-state index in [1.54, 1.807) is 0 Å². The van der Waals surface area contributed by atoms with Crippen molar-refractivity contribution in [2.45, 2.75) is 25.9 Å². The van der Waals surface area contributed by atoms with E-state index in [2.05, 4.69) is 90.3 Å². The van der Waals surface area contributed by atoms with E-state index in [4.69, 9.17) is 0 Å². The molecule has 1 unspecified atom stereocenters. The van der Waals surface area contributed by atoms with Crippen LogP contribution in [-0.4, -0.2) is 16.8 Å². The monoisotopic (exact) mass is 463 g/mol. The van der Waals surface area contributed by atoms with E-state index in [0.717, 1.165) is 19.1 Å². The van der Waals surface area contributed by atoms with E-state index in [1.807, 2.05) is 17.9 Å². The summed E-state index contributed by atoms with van der Waals surface area (Å²) in [6, 6.07) is 6.59. The lowest BCUT2D eigenvalue weighted by Gasteiger charge is -2.22. The SMILES string of the molecule is CNC(c1ccc(Br)cc1Br)c1c(Br)cnn1C(C)C. The predicted octanol–water partition coefficient (Wildman–Crippen LogP) is 5.06. The molecule has 0 fully saturated rings. The highest BCUT2D eigenvalue weighted by Gasteiger charge is 2.23. The van der Waals surface area contributed by atoms with Gasteiger partial charge in [-0.05, 0) is 54.5 Å². The molecule has 2 rings (SSSR count). The summed E-state index contributed by atoms with van der Waals surface area (Å²) in [6.45, 7) is 4.26. The molecule has 1 atom stereocenters. The second kappa shape index (κ2) is 6.73. The smallest absolute Gasteiger partial charge is 0.0768 e. The Morgan fingerprint density at radius 3 is 2.40 bits per heavy atom. The van der Waals surface area contributed by atoms with Crippen LogP contribution < -0.4 is 5.32 Å². The Morgan fingerprint density at radius 2 is 1.85 bits per heavy atom. The standard InChI is InChI=1S/C14H16Br3N3/c1-8(2)20-14(12(17)7-19-20)13(18-3)10-5-4-9(15)6-11(10)16/h4-8,13,18H,1-3H3. The number of hydrogen-bond acceptors (Lipinski definition) is 2. The van der Waals surface area contributed by atoms with Gasteiger partial charge in [0, 0.05) is 15.0 Å². The third-order valence-corrected chi connectivity index (χ3v) is 4.90. The van der Waals surface area contributed by atoms with Gasteiger partial charge in [0.2, 0.25) is 0 Å². The molecule has 3 nitrogen and oxygen atoms in total. The Kier molecular flexibility index (Phi) is 5.45. The highest BCUT2D eigenvalue weighted by atomic mass is 79.9. The largest absolute Gasteiger partial charge is 0.308 e. The molecule has 108 valence electrons. The van der Waals surface area contributed by atoms with E-state index >= 15 is 0 Å². The third-order valence-electron chi connectivity index (χ3n) is 3.11. The van der Waals surface area contributed by atoms with Crippen LogP contribution in [0.15, 0.2) is 37.8 Å². The second-order valence-corrected chi connectivity index (χ2v) is 7.43. The quantitative estimate of drug-likeness (QED) is 0.684. The molecule has 2 aromatic rings. The Labute approximate surface area is 144 Å². The molecular formula is C14H16Br3N3. The number of halogens is 3. The molecule has 0 radical (unpaired) electrons. The number of rotatable bonds is 4. The van der Waals surface area contributed by atoms with Gasteiger partial charge in [-0.25, -0.2) is 0 Å². The first-order chi connectivity index (χ1) is 9.45. The molecule has 0 saturated heterocycles. The highest BCUT2D eigenvalue weighted by molar-refractivity contribution is 9.11. The van der Waals surface area contributed by atoms with Gasteiger partial charge >= 0.3 is 0 Å². The van der Waals surface area contributed by atoms with Crippen molar-refractivity contribution in [2.24, 2.45) is 0 Å². The lowest BCUT2D eigenvalue weighted by molar-refractivity contribution is 0.482. The minimum Gasteiger partial charge on any atom is -0.308 e. The van der Waals surface area contributed by atoms with Gasteiger partial charge in [-0.1, -0.05) is 37.9 Å². The molecular weight excluding hydrogens is 450 g/mol.